The number of nitrogens with zero attached hydrogens (tertiary/aromatic N) is 2. The fourth-order valence-corrected chi connectivity index (χ4v) is 6.19. The number of allylic oxidation sites excluding steroid dienone is 1. The SMILES string of the molecule is C=CCN1C(=O)C(=O)N2C3=C(C(=O)c4ccccc4C3=O)[C@]3(C(=O)OC)SC=C[C@]123. The minimum Gasteiger partial charge on any atom is -0.468 e. The van der Waals surface area contributed by atoms with Gasteiger partial charge in [0.1, 0.15) is 5.70 Å². The Morgan fingerprint density at radius 2 is 1.80 bits per heavy atom. The Bertz CT molecular complexity index is 1180. The maximum Gasteiger partial charge on any atom is 0.331 e. The van der Waals surface area contributed by atoms with E-state index in [4.69, 9.17) is 4.74 Å². The number of benzene rings is 1. The largest absolute Gasteiger partial charge is 0.468 e. The first-order valence-corrected chi connectivity index (χ1v) is 9.90. The highest BCUT2D eigenvalue weighted by Gasteiger charge is 2.80. The molecule has 3 heterocycles. The molecule has 30 heavy (non-hydrogen) atoms. The summed E-state index contributed by atoms with van der Waals surface area (Å²) in [6.45, 7) is 3.56. The Morgan fingerprint density at radius 3 is 2.43 bits per heavy atom. The van der Waals surface area contributed by atoms with E-state index in [0.717, 1.165) is 23.8 Å². The summed E-state index contributed by atoms with van der Waals surface area (Å²) in [5, 5.41) is 1.55. The van der Waals surface area contributed by atoms with Crippen LogP contribution in [0.3, 0.4) is 0 Å². The third-order valence-corrected chi connectivity index (χ3v) is 7.20. The molecule has 0 saturated carbocycles. The fourth-order valence-electron chi connectivity index (χ4n) is 4.80. The van der Waals surface area contributed by atoms with Crippen LogP contribution in [0.2, 0.25) is 0 Å². The molecule has 2 atom stereocenters. The predicted octanol–water partition coefficient (Wildman–Crippen LogP) is 1.06. The second kappa shape index (κ2) is 5.79. The van der Waals surface area contributed by atoms with Crippen molar-refractivity contribution in [2.24, 2.45) is 0 Å². The molecule has 2 amide bonds. The highest BCUT2D eigenvalue weighted by atomic mass is 32.2. The highest BCUT2D eigenvalue weighted by molar-refractivity contribution is 8.04. The minimum absolute atomic E-state index is 0.0688. The van der Waals surface area contributed by atoms with Gasteiger partial charge in [-0.3, -0.25) is 24.1 Å². The van der Waals surface area contributed by atoms with Crippen molar-refractivity contribution in [2.75, 3.05) is 13.7 Å². The Morgan fingerprint density at radius 1 is 1.13 bits per heavy atom. The van der Waals surface area contributed by atoms with Gasteiger partial charge in [0.05, 0.1) is 12.7 Å². The van der Waals surface area contributed by atoms with Crippen LogP contribution >= 0.6 is 11.8 Å². The standard InChI is InChI=1S/C21H14N2O6S/c1-3-9-22-17(26)18(27)23-14-13(15(24)11-6-4-5-7-12(11)16(14)25)21(19(28)29-2)20(22,23)8-10-30-21/h3-8,10H,1,9H2,2H3/t20-,21+/m0/s1. The van der Waals surface area contributed by atoms with Crippen molar-refractivity contribution in [3.63, 3.8) is 0 Å². The van der Waals surface area contributed by atoms with Gasteiger partial charge in [0.15, 0.2) is 16.2 Å². The topological polar surface area (TPSA) is 101 Å². The Kier molecular flexibility index (Phi) is 3.58. The van der Waals surface area contributed by atoms with Gasteiger partial charge in [-0.1, -0.05) is 30.3 Å². The van der Waals surface area contributed by atoms with Crippen LogP contribution in [0.1, 0.15) is 20.7 Å². The molecule has 0 aromatic heterocycles. The van der Waals surface area contributed by atoms with Gasteiger partial charge in [0, 0.05) is 17.7 Å². The zero-order valence-corrected chi connectivity index (χ0v) is 16.5. The first kappa shape index (κ1) is 18.6. The lowest BCUT2D eigenvalue weighted by Gasteiger charge is -2.43. The number of methoxy groups -OCH3 is 1. The monoisotopic (exact) mass is 422 g/mol. The number of fused-ring (bicyclic) bond motifs is 3. The summed E-state index contributed by atoms with van der Waals surface area (Å²) in [4.78, 5) is 68.4. The predicted molar refractivity (Wildman–Crippen MR) is 105 cm³/mol. The van der Waals surface area contributed by atoms with Crippen LogP contribution < -0.4 is 0 Å². The summed E-state index contributed by atoms with van der Waals surface area (Å²) < 4.78 is 3.24. The lowest BCUT2D eigenvalue weighted by molar-refractivity contribution is -0.147. The van der Waals surface area contributed by atoms with E-state index < -0.39 is 39.8 Å². The molecule has 8 nitrogen and oxygen atoms in total. The molecule has 0 unspecified atom stereocenters. The molecular formula is C21H14N2O6S. The van der Waals surface area contributed by atoms with Gasteiger partial charge in [-0.25, -0.2) is 4.79 Å². The first-order valence-electron chi connectivity index (χ1n) is 9.02. The molecule has 1 aromatic rings. The van der Waals surface area contributed by atoms with E-state index in [1.54, 1.807) is 17.5 Å². The summed E-state index contributed by atoms with van der Waals surface area (Å²) in [6, 6.07) is 6.21. The summed E-state index contributed by atoms with van der Waals surface area (Å²) in [5.74, 6) is -3.84. The van der Waals surface area contributed by atoms with E-state index in [2.05, 4.69) is 6.58 Å². The number of thioether (sulfide) groups is 1. The number of hydrogen-bond acceptors (Lipinski definition) is 7. The van der Waals surface area contributed by atoms with E-state index in [-0.39, 0.29) is 28.9 Å². The first-order chi connectivity index (χ1) is 14.4. The molecule has 1 fully saturated rings. The molecule has 1 spiro atoms. The van der Waals surface area contributed by atoms with E-state index in [0.29, 0.717) is 0 Å². The molecule has 9 heteroatoms. The lowest BCUT2D eigenvalue weighted by atomic mass is 9.79. The van der Waals surface area contributed by atoms with Gasteiger partial charge in [0.25, 0.3) is 0 Å². The molecule has 1 aliphatic carbocycles. The number of esters is 1. The highest BCUT2D eigenvalue weighted by Crippen LogP contribution is 2.63. The molecule has 0 N–H and O–H groups in total. The van der Waals surface area contributed by atoms with Crippen molar-refractivity contribution in [3.05, 3.63) is 70.8 Å². The molecule has 3 aliphatic heterocycles. The summed E-state index contributed by atoms with van der Waals surface area (Å²) in [6.07, 6.45) is 2.92. The van der Waals surface area contributed by atoms with Crippen molar-refractivity contribution >= 4 is 41.1 Å². The minimum atomic E-state index is -1.82. The molecule has 150 valence electrons. The second-order valence-corrected chi connectivity index (χ2v) is 8.21. The summed E-state index contributed by atoms with van der Waals surface area (Å²) in [5.41, 5.74) is -1.82. The number of Topliss-reactive ketones (excluding diaryl/α,β-unsaturated/α-hetero) is 2. The van der Waals surface area contributed by atoms with Gasteiger partial charge in [-0.15, -0.1) is 18.3 Å². The van der Waals surface area contributed by atoms with Crippen LogP contribution in [0.15, 0.2) is 59.7 Å². The summed E-state index contributed by atoms with van der Waals surface area (Å²) >= 11 is 0.952. The average molecular weight is 422 g/mol. The number of rotatable bonds is 3. The number of carbonyl (C=O) groups is 5. The smallest absolute Gasteiger partial charge is 0.331 e. The molecule has 4 aliphatic rings. The van der Waals surface area contributed by atoms with E-state index in [9.17, 15) is 24.0 Å². The molecule has 0 bridgehead atoms. The lowest BCUT2D eigenvalue weighted by Crippen LogP contribution is -2.65. The van der Waals surface area contributed by atoms with Gasteiger partial charge in [0.2, 0.25) is 5.78 Å². The average Bonchev–Trinajstić information content (AvgIpc) is 3.32. The number of carbonyl (C=O) groups excluding carboxylic acids is 5. The van der Waals surface area contributed by atoms with Crippen molar-refractivity contribution in [1.29, 1.82) is 0 Å². The summed E-state index contributed by atoms with van der Waals surface area (Å²) in [7, 11) is 1.16. The number of amides is 2. The van der Waals surface area contributed by atoms with Gasteiger partial charge < -0.3 is 9.64 Å². The van der Waals surface area contributed by atoms with Crippen LogP contribution in [-0.4, -0.2) is 63.2 Å². The van der Waals surface area contributed by atoms with E-state index in [1.807, 2.05) is 0 Å². The number of hydrogen-bond donors (Lipinski definition) is 0. The van der Waals surface area contributed by atoms with Crippen LogP contribution in [0, 0.1) is 0 Å². The molecular weight excluding hydrogens is 408 g/mol. The molecule has 5 rings (SSSR count). The van der Waals surface area contributed by atoms with Crippen LogP contribution in [0.4, 0.5) is 0 Å². The Balaban J connectivity index is 1.89. The van der Waals surface area contributed by atoms with Crippen LogP contribution in [0.5, 0.6) is 0 Å². The Labute approximate surface area is 174 Å². The van der Waals surface area contributed by atoms with Crippen molar-refractivity contribution in [1.82, 2.24) is 9.80 Å². The van der Waals surface area contributed by atoms with Gasteiger partial charge in [-0.2, -0.15) is 0 Å². The Hall–Kier alpha value is -3.46. The van der Waals surface area contributed by atoms with Crippen molar-refractivity contribution in [3.8, 4) is 0 Å². The fraction of sp³-hybridized carbons (Fsp3) is 0.190. The maximum absolute atomic E-state index is 13.6. The molecule has 0 radical (unpaired) electrons. The number of ketones is 2. The zero-order chi connectivity index (χ0) is 21.4. The second-order valence-electron chi connectivity index (χ2n) is 7.09. The zero-order valence-electron chi connectivity index (χ0n) is 15.7. The van der Waals surface area contributed by atoms with Crippen LogP contribution in [-0.2, 0) is 19.1 Å². The van der Waals surface area contributed by atoms with Crippen molar-refractivity contribution < 1.29 is 28.7 Å². The third kappa shape index (κ3) is 1.70. The third-order valence-electron chi connectivity index (χ3n) is 5.90. The van der Waals surface area contributed by atoms with Gasteiger partial charge in [-0.05, 0) is 11.5 Å². The molecule has 1 aromatic carbocycles. The molecule has 1 saturated heterocycles. The quantitative estimate of drug-likeness (QED) is 0.408. The number of ether oxygens (including phenoxy) is 1. The van der Waals surface area contributed by atoms with Crippen molar-refractivity contribution in [2.45, 2.75) is 10.4 Å². The van der Waals surface area contributed by atoms with E-state index in [1.165, 1.54) is 29.2 Å². The van der Waals surface area contributed by atoms with Gasteiger partial charge >= 0.3 is 17.8 Å². The van der Waals surface area contributed by atoms with E-state index >= 15 is 0 Å². The van der Waals surface area contributed by atoms with Crippen LogP contribution in [0.25, 0.3) is 0 Å². The maximum atomic E-state index is 13.6. The normalized spacial score (nSPS) is 28.6.